The molecular formula is C39H43N3O8. The second-order valence-corrected chi connectivity index (χ2v) is 13.9. The van der Waals surface area contributed by atoms with Crippen LogP contribution in [0, 0.1) is 5.92 Å². The van der Waals surface area contributed by atoms with Gasteiger partial charge in [-0.1, -0.05) is 24.3 Å². The maximum absolute atomic E-state index is 14.5. The number of pyridine rings is 1. The Morgan fingerprint density at radius 2 is 1.66 bits per heavy atom. The molecule has 0 saturated heterocycles. The number of benzene rings is 3. The molecule has 0 spiro atoms. The molecular weight excluding hydrogens is 638 g/mol. The van der Waals surface area contributed by atoms with Crippen LogP contribution in [0.25, 0.3) is 10.9 Å². The molecule has 2 bridgehead atoms. The van der Waals surface area contributed by atoms with E-state index in [9.17, 15) is 14.4 Å². The zero-order valence-corrected chi connectivity index (χ0v) is 28.8. The molecule has 2 aliphatic rings. The van der Waals surface area contributed by atoms with Crippen molar-refractivity contribution < 1.29 is 38.1 Å². The van der Waals surface area contributed by atoms with E-state index in [1.165, 1.54) is 7.11 Å². The Morgan fingerprint density at radius 1 is 0.920 bits per heavy atom. The Bertz CT molecular complexity index is 1830. The minimum absolute atomic E-state index is 0.0651. The zero-order valence-electron chi connectivity index (χ0n) is 28.8. The fraction of sp³-hybridized carbons (Fsp3) is 0.385. The highest BCUT2D eigenvalue weighted by molar-refractivity contribution is 6.04. The van der Waals surface area contributed by atoms with Crippen molar-refractivity contribution in [2.75, 3.05) is 19.0 Å². The van der Waals surface area contributed by atoms with Gasteiger partial charge < -0.3 is 29.0 Å². The van der Waals surface area contributed by atoms with E-state index in [1.807, 2.05) is 18.2 Å². The summed E-state index contributed by atoms with van der Waals surface area (Å²) in [5, 5.41) is 6.40. The smallest absolute Gasteiger partial charge is 0.411 e. The molecule has 2 saturated carbocycles. The Morgan fingerprint density at radius 3 is 2.32 bits per heavy atom. The molecule has 3 aromatic carbocycles. The summed E-state index contributed by atoms with van der Waals surface area (Å²) in [6.45, 7) is 5.13. The molecule has 262 valence electrons. The highest BCUT2D eigenvalue weighted by Gasteiger charge is 2.53. The average Bonchev–Trinajstić information content (AvgIpc) is 3.69. The van der Waals surface area contributed by atoms with E-state index in [2.05, 4.69) is 15.6 Å². The Labute approximate surface area is 291 Å². The maximum atomic E-state index is 14.5. The average molecular weight is 682 g/mol. The number of rotatable bonds is 12. The number of hydrogen-bond acceptors (Lipinski definition) is 9. The van der Waals surface area contributed by atoms with E-state index in [1.54, 1.807) is 87.6 Å². The van der Waals surface area contributed by atoms with Crippen molar-refractivity contribution in [3.63, 3.8) is 0 Å². The van der Waals surface area contributed by atoms with Crippen LogP contribution in [0.15, 0.2) is 85.1 Å². The summed E-state index contributed by atoms with van der Waals surface area (Å²) in [6.07, 6.45) is 4.87. The number of amides is 2. The number of fused-ring (bicyclic) bond motifs is 3. The molecule has 2 N–H and O–H groups in total. The molecule has 1 atom stereocenters. The highest BCUT2D eigenvalue weighted by Crippen LogP contribution is 2.50. The van der Waals surface area contributed by atoms with Crippen LogP contribution in [0.4, 0.5) is 10.5 Å². The summed E-state index contributed by atoms with van der Waals surface area (Å²) in [5.74, 6) is 0.510. The van der Waals surface area contributed by atoms with Gasteiger partial charge in [0.1, 0.15) is 17.0 Å². The van der Waals surface area contributed by atoms with Crippen molar-refractivity contribution in [3.8, 4) is 17.2 Å². The van der Waals surface area contributed by atoms with Gasteiger partial charge in [-0.3, -0.25) is 15.1 Å². The van der Waals surface area contributed by atoms with Gasteiger partial charge in [0.2, 0.25) is 0 Å². The molecule has 11 heteroatoms. The summed E-state index contributed by atoms with van der Waals surface area (Å²) in [5.41, 5.74) is -1.83. The predicted octanol–water partition coefficient (Wildman–Crippen LogP) is 7.44. The molecule has 6 rings (SSSR count). The first-order valence-electron chi connectivity index (χ1n) is 16.9. The van der Waals surface area contributed by atoms with Gasteiger partial charge in [-0.2, -0.15) is 0 Å². The number of alkyl carbamates (subject to hydrolysis) is 1. The third-order valence-corrected chi connectivity index (χ3v) is 9.06. The number of carbonyl (C=O) groups is 3. The minimum Gasteiger partial charge on any atom is -0.493 e. The second kappa shape index (κ2) is 14.3. The summed E-state index contributed by atoms with van der Waals surface area (Å²) < 4.78 is 30.3. The molecule has 0 aliphatic heterocycles. The van der Waals surface area contributed by atoms with Gasteiger partial charge in [-0.15, -0.1) is 0 Å². The molecule has 11 nitrogen and oxygen atoms in total. The summed E-state index contributed by atoms with van der Waals surface area (Å²) in [6, 6.07) is 22.9. The summed E-state index contributed by atoms with van der Waals surface area (Å²) in [7, 11) is 1.50. The number of nitrogens with zero attached hydrogens (tertiary/aromatic N) is 1. The van der Waals surface area contributed by atoms with Gasteiger partial charge in [0.15, 0.2) is 11.5 Å². The first-order chi connectivity index (χ1) is 23.9. The van der Waals surface area contributed by atoms with Crippen LogP contribution in [-0.4, -0.2) is 53.6 Å². The van der Waals surface area contributed by atoms with Crippen LogP contribution < -0.4 is 24.8 Å². The summed E-state index contributed by atoms with van der Waals surface area (Å²) >= 11 is 0. The van der Waals surface area contributed by atoms with E-state index in [4.69, 9.17) is 23.7 Å². The normalized spacial score (nSPS) is 19.2. The Balaban J connectivity index is 1.28. The number of hydrogen-bond donors (Lipinski definition) is 2. The Kier molecular flexibility index (Phi) is 9.86. The molecule has 1 aromatic heterocycles. The van der Waals surface area contributed by atoms with Crippen molar-refractivity contribution in [3.05, 3.63) is 90.6 Å². The fourth-order valence-electron chi connectivity index (χ4n) is 6.61. The first-order valence-corrected chi connectivity index (χ1v) is 16.9. The lowest BCUT2D eigenvalue weighted by molar-refractivity contribution is -0.182. The predicted molar refractivity (Wildman–Crippen MR) is 187 cm³/mol. The van der Waals surface area contributed by atoms with E-state index >= 15 is 0 Å². The number of carbonyl (C=O) groups excluding carboxylic acids is 3. The van der Waals surface area contributed by atoms with Crippen LogP contribution >= 0.6 is 0 Å². The van der Waals surface area contributed by atoms with Crippen molar-refractivity contribution >= 4 is 34.6 Å². The Hall–Kier alpha value is -5.32. The van der Waals surface area contributed by atoms with Gasteiger partial charge in [-0.05, 0) is 107 Å². The van der Waals surface area contributed by atoms with Crippen molar-refractivity contribution in [2.24, 2.45) is 5.92 Å². The standard InChI is InChI=1S/C39H43N3O8/c1-37(2,3)50-36(45)42-39(35(44)49-38-18-16-26(25-38)17-19-38,48-33-24-31-28(11-8-21-40-31)23-32(33)46-4)20-22-47-30-14-12-29(13-15-30)41-34(43)27-9-6-5-7-10-27/h5-15,21,23-24,26H,16-20,22,25H2,1-4H3,(H,41,43)(H,42,45). The lowest BCUT2D eigenvalue weighted by Gasteiger charge is -2.37. The van der Waals surface area contributed by atoms with Gasteiger partial charge >= 0.3 is 12.1 Å². The van der Waals surface area contributed by atoms with Gasteiger partial charge in [0, 0.05) is 28.9 Å². The van der Waals surface area contributed by atoms with E-state index < -0.39 is 29.0 Å². The van der Waals surface area contributed by atoms with Crippen LogP contribution in [0.2, 0.25) is 0 Å². The van der Waals surface area contributed by atoms with E-state index in [-0.39, 0.29) is 24.7 Å². The van der Waals surface area contributed by atoms with Crippen LogP contribution in [0.1, 0.15) is 69.7 Å². The highest BCUT2D eigenvalue weighted by atomic mass is 16.6. The zero-order chi connectivity index (χ0) is 35.4. The second-order valence-electron chi connectivity index (χ2n) is 13.9. The fourth-order valence-corrected chi connectivity index (χ4v) is 6.61. The summed E-state index contributed by atoms with van der Waals surface area (Å²) in [4.78, 5) is 45.0. The third kappa shape index (κ3) is 8.10. The molecule has 50 heavy (non-hydrogen) atoms. The minimum atomic E-state index is -2.07. The number of nitrogens with one attached hydrogen (secondary N) is 2. The lowest BCUT2D eigenvalue weighted by Crippen LogP contribution is -2.62. The number of esters is 1. The molecule has 2 amide bonds. The van der Waals surface area contributed by atoms with Crippen LogP contribution in [0.5, 0.6) is 17.2 Å². The monoisotopic (exact) mass is 681 g/mol. The van der Waals surface area contributed by atoms with Gasteiger partial charge in [0.25, 0.3) is 11.6 Å². The van der Waals surface area contributed by atoms with Crippen molar-refractivity contribution in [2.45, 2.75) is 76.2 Å². The third-order valence-electron chi connectivity index (χ3n) is 9.06. The first kappa shape index (κ1) is 34.5. The van der Waals surface area contributed by atoms with Gasteiger partial charge in [0.05, 0.1) is 25.7 Å². The molecule has 1 unspecified atom stereocenters. The number of methoxy groups -OCH3 is 1. The maximum Gasteiger partial charge on any atom is 0.411 e. The molecule has 2 fully saturated rings. The quantitative estimate of drug-likeness (QED) is 0.116. The van der Waals surface area contributed by atoms with Crippen LogP contribution in [0.3, 0.4) is 0 Å². The van der Waals surface area contributed by atoms with E-state index in [0.717, 1.165) is 37.5 Å². The van der Waals surface area contributed by atoms with Gasteiger partial charge in [-0.25, -0.2) is 9.59 Å². The van der Waals surface area contributed by atoms with Crippen molar-refractivity contribution in [1.29, 1.82) is 0 Å². The number of ether oxygens (including phenoxy) is 5. The van der Waals surface area contributed by atoms with E-state index in [0.29, 0.717) is 34.2 Å². The topological polar surface area (TPSA) is 134 Å². The molecule has 2 aliphatic carbocycles. The largest absolute Gasteiger partial charge is 0.493 e. The SMILES string of the molecule is COc1cc2cccnc2cc1OC(CCOc1ccc(NC(=O)c2ccccc2)cc1)(NC(=O)OC(C)(C)C)C(=O)OC12CCC(CC1)C2. The number of anilines is 1. The molecule has 4 aromatic rings. The van der Waals surface area contributed by atoms with Crippen molar-refractivity contribution in [1.82, 2.24) is 10.3 Å². The molecule has 1 heterocycles. The lowest BCUT2D eigenvalue weighted by atomic mass is 9.97. The molecule has 0 radical (unpaired) electrons. The van der Waals surface area contributed by atoms with Crippen LogP contribution in [-0.2, 0) is 14.3 Å². The number of aromatic nitrogens is 1.